The van der Waals surface area contributed by atoms with E-state index in [2.05, 4.69) is 5.32 Å². The Labute approximate surface area is 144 Å². The van der Waals surface area contributed by atoms with E-state index in [1.165, 1.54) is 18.2 Å². The Balaban J connectivity index is 1.91. The highest BCUT2D eigenvalue weighted by Gasteiger charge is 2.23. The summed E-state index contributed by atoms with van der Waals surface area (Å²) in [4.78, 5) is 23.5. The number of benzene rings is 2. The van der Waals surface area contributed by atoms with Crippen LogP contribution in [0.5, 0.6) is 5.75 Å². The van der Waals surface area contributed by atoms with Gasteiger partial charge in [-0.1, -0.05) is 30.3 Å². The predicted octanol–water partition coefficient (Wildman–Crippen LogP) is 1.69. The van der Waals surface area contributed by atoms with Crippen molar-refractivity contribution in [3.63, 3.8) is 0 Å². The highest BCUT2D eigenvalue weighted by molar-refractivity contribution is 5.88. The largest absolute Gasteiger partial charge is 0.497 e. The third-order valence-electron chi connectivity index (χ3n) is 3.44. The number of primary amides is 1. The van der Waals surface area contributed by atoms with Gasteiger partial charge in [0.25, 0.3) is 0 Å². The Bertz CT molecular complexity index is 751. The predicted molar refractivity (Wildman–Crippen MR) is 89.1 cm³/mol. The maximum Gasteiger partial charge on any atom is 0.246 e. The highest BCUT2D eigenvalue weighted by atomic mass is 19.1. The Morgan fingerprint density at radius 2 is 1.96 bits per heavy atom. The molecule has 1 atom stereocenters. The summed E-state index contributed by atoms with van der Waals surface area (Å²) in [6.45, 7) is -0.110. The van der Waals surface area contributed by atoms with E-state index in [1.807, 2.05) is 6.07 Å². The summed E-state index contributed by atoms with van der Waals surface area (Å²) in [5.74, 6) is -1.37. The van der Waals surface area contributed by atoms with Crippen molar-refractivity contribution in [2.75, 3.05) is 13.7 Å². The molecule has 0 fully saturated rings. The highest BCUT2D eigenvalue weighted by Crippen LogP contribution is 2.16. The topological polar surface area (TPSA) is 90.7 Å². The second-order valence-corrected chi connectivity index (χ2v) is 5.27. The van der Waals surface area contributed by atoms with Crippen molar-refractivity contribution in [3.05, 3.63) is 65.5 Å². The van der Waals surface area contributed by atoms with E-state index in [9.17, 15) is 14.0 Å². The van der Waals surface area contributed by atoms with Gasteiger partial charge in [0.1, 0.15) is 24.2 Å². The number of amides is 2. The van der Waals surface area contributed by atoms with Gasteiger partial charge in [-0.3, -0.25) is 9.59 Å². The normalized spacial score (nSPS) is 11.6. The number of ether oxygens (including phenoxy) is 2. The molecule has 25 heavy (non-hydrogen) atoms. The van der Waals surface area contributed by atoms with E-state index in [-0.39, 0.29) is 18.8 Å². The van der Waals surface area contributed by atoms with Crippen molar-refractivity contribution < 1.29 is 23.5 Å². The van der Waals surface area contributed by atoms with Crippen LogP contribution < -0.4 is 15.8 Å². The fraction of sp³-hybridized carbons (Fsp3) is 0.222. The minimum Gasteiger partial charge on any atom is -0.497 e. The standard InChI is InChI=1S/C18H19FN2O4/c1-24-13-6-4-5-12(9-13)10-25-11-16(22)21-17(18(20)23)14-7-2-3-8-15(14)19/h2-9,17H,10-11H2,1H3,(H2,20,23)(H,21,22)/t17-/m0/s1. The molecule has 0 saturated heterocycles. The lowest BCUT2D eigenvalue weighted by Crippen LogP contribution is -2.39. The summed E-state index contributed by atoms with van der Waals surface area (Å²) in [5.41, 5.74) is 6.10. The zero-order chi connectivity index (χ0) is 18.2. The van der Waals surface area contributed by atoms with Gasteiger partial charge in [0.05, 0.1) is 13.7 Å². The smallest absolute Gasteiger partial charge is 0.246 e. The van der Waals surface area contributed by atoms with E-state index in [1.54, 1.807) is 31.4 Å². The summed E-state index contributed by atoms with van der Waals surface area (Å²) >= 11 is 0. The first kappa shape index (κ1) is 18.4. The molecule has 7 heteroatoms. The Morgan fingerprint density at radius 3 is 2.64 bits per heavy atom. The van der Waals surface area contributed by atoms with Crippen molar-refractivity contribution in [3.8, 4) is 5.75 Å². The van der Waals surface area contributed by atoms with E-state index in [4.69, 9.17) is 15.2 Å². The van der Waals surface area contributed by atoms with Gasteiger partial charge >= 0.3 is 0 Å². The number of hydrogen-bond acceptors (Lipinski definition) is 4. The maximum absolute atomic E-state index is 13.8. The van der Waals surface area contributed by atoms with Crippen LogP contribution in [-0.4, -0.2) is 25.5 Å². The molecule has 2 amide bonds. The van der Waals surface area contributed by atoms with Crippen LogP contribution in [0.1, 0.15) is 17.2 Å². The summed E-state index contributed by atoms with van der Waals surface area (Å²) in [7, 11) is 1.56. The van der Waals surface area contributed by atoms with Crippen molar-refractivity contribution >= 4 is 11.8 Å². The van der Waals surface area contributed by atoms with Gasteiger partial charge in [-0.25, -0.2) is 4.39 Å². The third kappa shape index (κ3) is 5.29. The number of hydrogen-bond donors (Lipinski definition) is 2. The molecule has 2 aromatic carbocycles. The fourth-order valence-corrected chi connectivity index (χ4v) is 2.24. The SMILES string of the molecule is COc1cccc(COCC(=O)N[C@H](C(N)=O)c2ccccc2F)c1. The molecule has 0 radical (unpaired) electrons. The molecule has 132 valence electrons. The summed E-state index contributed by atoms with van der Waals surface area (Å²) < 4.78 is 24.2. The van der Waals surface area contributed by atoms with Gasteiger partial charge in [0, 0.05) is 5.56 Å². The molecule has 3 N–H and O–H groups in total. The zero-order valence-electron chi connectivity index (χ0n) is 13.7. The Hall–Kier alpha value is -2.93. The molecular weight excluding hydrogens is 327 g/mol. The van der Waals surface area contributed by atoms with E-state index < -0.39 is 23.7 Å². The maximum atomic E-state index is 13.8. The lowest BCUT2D eigenvalue weighted by Gasteiger charge is -2.16. The Morgan fingerprint density at radius 1 is 1.20 bits per heavy atom. The molecule has 2 aromatic rings. The number of carbonyl (C=O) groups excluding carboxylic acids is 2. The molecule has 0 aliphatic carbocycles. The average Bonchev–Trinajstić information content (AvgIpc) is 2.60. The van der Waals surface area contributed by atoms with E-state index in [0.717, 1.165) is 5.56 Å². The number of nitrogens with one attached hydrogen (secondary N) is 1. The Kier molecular flexibility index (Phi) is 6.47. The molecule has 0 bridgehead atoms. The first-order valence-electron chi connectivity index (χ1n) is 7.55. The number of methoxy groups -OCH3 is 1. The second kappa shape index (κ2) is 8.79. The molecule has 0 aliphatic rings. The first-order valence-corrected chi connectivity index (χ1v) is 7.55. The fourth-order valence-electron chi connectivity index (χ4n) is 2.24. The van der Waals surface area contributed by atoms with Crippen LogP contribution in [0, 0.1) is 5.82 Å². The number of carbonyl (C=O) groups is 2. The molecule has 0 aromatic heterocycles. The summed E-state index contributed by atoms with van der Waals surface area (Å²) in [6, 6.07) is 11.6. The minimum absolute atomic E-state index is 0.0103. The van der Waals surface area contributed by atoms with Crippen molar-refractivity contribution in [1.82, 2.24) is 5.32 Å². The van der Waals surface area contributed by atoms with Crippen molar-refractivity contribution in [2.24, 2.45) is 5.73 Å². The molecule has 0 unspecified atom stereocenters. The lowest BCUT2D eigenvalue weighted by atomic mass is 10.1. The van der Waals surface area contributed by atoms with Crippen LogP contribution in [0.3, 0.4) is 0 Å². The van der Waals surface area contributed by atoms with Gasteiger partial charge in [-0.15, -0.1) is 0 Å². The van der Waals surface area contributed by atoms with E-state index in [0.29, 0.717) is 5.75 Å². The molecule has 6 nitrogen and oxygen atoms in total. The lowest BCUT2D eigenvalue weighted by molar-refractivity contribution is -0.130. The van der Waals surface area contributed by atoms with Crippen LogP contribution in [0.25, 0.3) is 0 Å². The number of nitrogens with two attached hydrogens (primary N) is 1. The molecule has 0 spiro atoms. The molecule has 0 saturated carbocycles. The molecule has 0 heterocycles. The molecular formula is C18H19FN2O4. The summed E-state index contributed by atoms with van der Waals surface area (Å²) in [5, 5.41) is 2.38. The monoisotopic (exact) mass is 346 g/mol. The minimum atomic E-state index is -1.26. The number of rotatable bonds is 8. The molecule has 2 rings (SSSR count). The quantitative estimate of drug-likeness (QED) is 0.761. The number of halogens is 1. The average molecular weight is 346 g/mol. The van der Waals surface area contributed by atoms with Gasteiger partial charge in [0.2, 0.25) is 11.8 Å². The zero-order valence-corrected chi connectivity index (χ0v) is 13.7. The molecule has 0 aliphatic heterocycles. The van der Waals surface area contributed by atoms with Crippen LogP contribution in [-0.2, 0) is 20.9 Å². The van der Waals surface area contributed by atoms with Crippen LogP contribution in [0.4, 0.5) is 4.39 Å². The van der Waals surface area contributed by atoms with E-state index >= 15 is 0 Å². The summed E-state index contributed by atoms with van der Waals surface area (Å²) in [6.07, 6.45) is 0. The first-order chi connectivity index (χ1) is 12.0. The van der Waals surface area contributed by atoms with Gasteiger partial charge in [-0.05, 0) is 23.8 Å². The van der Waals surface area contributed by atoms with Crippen molar-refractivity contribution in [1.29, 1.82) is 0 Å². The van der Waals surface area contributed by atoms with Crippen LogP contribution >= 0.6 is 0 Å². The second-order valence-electron chi connectivity index (χ2n) is 5.27. The van der Waals surface area contributed by atoms with Crippen LogP contribution in [0.2, 0.25) is 0 Å². The van der Waals surface area contributed by atoms with Crippen LogP contribution in [0.15, 0.2) is 48.5 Å². The third-order valence-corrected chi connectivity index (χ3v) is 3.44. The van der Waals surface area contributed by atoms with Gasteiger partial charge < -0.3 is 20.5 Å². The van der Waals surface area contributed by atoms with Gasteiger partial charge in [0.15, 0.2) is 0 Å². The van der Waals surface area contributed by atoms with Crippen molar-refractivity contribution in [2.45, 2.75) is 12.6 Å². The van der Waals surface area contributed by atoms with Gasteiger partial charge in [-0.2, -0.15) is 0 Å².